The maximum atomic E-state index is 3.56. The van der Waals surface area contributed by atoms with Crippen LogP contribution in [-0.4, -0.2) is 19.1 Å². The van der Waals surface area contributed by atoms with Crippen LogP contribution in [0.1, 0.15) is 19.4 Å². The average molecular weight is 350 g/mol. The number of nitrogens with one attached hydrogen (secondary N) is 2. The minimum Gasteiger partial charge on any atom is -0.315 e. The van der Waals surface area contributed by atoms with E-state index in [0.29, 0.717) is 6.04 Å². The molecule has 0 heterocycles. The van der Waals surface area contributed by atoms with Crippen molar-refractivity contribution in [3.63, 3.8) is 0 Å². The van der Waals surface area contributed by atoms with Crippen LogP contribution in [0.5, 0.6) is 0 Å². The Morgan fingerprint density at radius 2 is 2.06 bits per heavy atom. The van der Waals surface area contributed by atoms with Crippen LogP contribution in [-0.2, 0) is 6.54 Å². The zero-order valence-electron chi connectivity index (χ0n) is 9.69. The average Bonchev–Trinajstić information content (AvgIpc) is 2.27. The molecule has 0 aliphatic rings. The molecule has 0 bridgehead atoms. The van der Waals surface area contributed by atoms with Gasteiger partial charge in [0.2, 0.25) is 0 Å². The number of halogens is 2. The van der Waals surface area contributed by atoms with Crippen molar-refractivity contribution in [1.82, 2.24) is 10.6 Å². The van der Waals surface area contributed by atoms with E-state index in [9.17, 15) is 0 Å². The van der Waals surface area contributed by atoms with E-state index in [-0.39, 0.29) is 0 Å². The molecule has 0 radical (unpaired) electrons. The molecule has 0 aliphatic heterocycles. The van der Waals surface area contributed by atoms with Gasteiger partial charge in [-0.15, -0.1) is 0 Å². The molecule has 1 aromatic rings. The summed E-state index contributed by atoms with van der Waals surface area (Å²) in [7, 11) is 0. The summed E-state index contributed by atoms with van der Waals surface area (Å²) < 4.78 is 2.27. The molecule has 0 saturated heterocycles. The Hall–Kier alpha value is 0.1000. The van der Waals surface area contributed by atoms with Crippen LogP contribution >= 0.6 is 31.9 Å². The monoisotopic (exact) mass is 348 g/mol. The number of hydrogen-bond acceptors (Lipinski definition) is 2. The van der Waals surface area contributed by atoms with Gasteiger partial charge in [-0.1, -0.05) is 38.8 Å². The minimum atomic E-state index is 0.478. The van der Waals surface area contributed by atoms with Crippen LogP contribution in [0.15, 0.2) is 27.1 Å². The molecule has 0 amide bonds. The zero-order valence-corrected chi connectivity index (χ0v) is 12.9. The van der Waals surface area contributed by atoms with E-state index in [4.69, 9.17) is 0 Å². The summed E-state index contributed by atoms with van der Waals surface area (Å²) in [4.78, 5) is 0. The highest BCUT2D eigenvalue weighted by atomic mass is 79.9. The Balaban J connectivity index is 2.44. The van der Waals surface area contributed by atoms with E-state index in [1.807, 2.05) is 6.07 Å². The van der Waals surface area contributed by atoms with Gasteiger partial charge in [0.15, 0.2) is 0 Å². The van der Waals surface area contributed by atoms with Crippen molar-refractivity contribution in [3.8, 4) is 0 Å². The van der Waals surface area contributed by atoms with Crippen LogP contribution in [0.25, 0.3) is 0 Å². The molecule has 0 spiro atoms. The molecule has 90 valence electrons. The quantitative estimate of drug-likeness (QED) is 0.823. The lowest BCUT2D eigenvalue weighted by atomic mass is 10.2. The Morgan fingerprint density at radius 1 is 1.31 bits per heavy atom. The zero-order chi connectivity index (χ0) is 12.0. The van der Waals surface area contributed by atoms with E-state index in [0.717, 1.165) is 28.6 Å². The number of benzene rings is 1. The first-order valence-corrected chi connectivity index (χ1v) is 7.10. The third-order valence-electron chi connectivity index (χ3n) is 2.35. The number of hydrogen-bond donors (Lipinski definition) is 2. The van der Waals surface area contributed by atoms with Gasteiger partial charge in [-0.2, -0.15) is 0 Å². The molecule has 1 unspecified atom stereocenters. The summed E-state index contributed by atoms with van der Waals surface area (Å²) in [6, 6.07) is 6.72. The van der Waals surface area contributed by atoms with E-state index >= 15 is 0 Å². The van der Waals surface area contributed by atoms with Crippen LogP contribution in [0.3, 0.4) is 0 Å². The lowest BCUT2D eigenvalue weighted by Crippen LogP contribution is -2.35. The van der Waals surface area contributed by atoms with Crippen molar-refractivity contribution >= 4 is 31.9 Å². The molecule has 0 aromatic heterocycles. The van der Waals surface area contributed by atoms with Gasteiger partial charge in [0.1, 0.15) is 0 Å². The molecular weight excluding hydrogens is 332 g/mol. The summed E-state index contributed by atoms with van der Waals surface area (Å²) in [5, 5.41) is 6.82. The van der Waals surface area contributed by atoms with Crippen molar-refractivity contribution in [2.75, 3.05) is 13.1 Å². The Labute approximate surface area is 114 Å². The largest absolute Gasteiger partial charge is 0.315 e. The van der Waals surface area contributed by atoms with Gasteiger partial charge in [-0.25, -0.2) is 0 Å². The molecule has 4 heteroatoms. The summed E-state index contributed by atoms with van der Waals surface area (Å²) in [5.41, 5.74) is 1.28. The van der Waals surface area contributed by atoms with Crippen molar-refractivity contribution in [2.45, 2.75) is 26.4 Å². The van der Waals surface area contributed by atoms with Crippen LogP contribution < -0.4 is 10.6 Å². The lowest BCUT2D eigenvalue weighted by Gasteiger charge is -2.15. The van der Waals surface area contributed by atoms with E-state index < -0.39 is 0 Å². The molecule has 2 nitrogen and oxygen atoms in total. The first-order valence-electron chi connectivity index (χ1n) is 5.51. The van der Waals surface area contributed by atoms with Gasteiger partial charge in [0.25, 0.3) is 0 Å². The van der Waals surface area contributed by atoms with Gasteiger partial charge in [-0.05, 0) is 37.2 Å². The molecular formula is C12H18Br2N2. The molecule has 1 rings (SSSR count). The highest BCUT2D eigenvalue weighted by Gasteiger charge is 2.03. The first kappa shape index (κ1) is 14.2. The van der Waals surface area contributed by atoms with Gasteiger partial charge in [0.05, 0.1) is 0 Å². The molecule has 0 aliphatic carbocycles. The second kappa shape index (κ2) is 7.43. The van der Waals surface area contributed by atoms with E-state index in [1.54, 1.807) is 0 Å². The molecule has 1 aromatic carbocycles. The second-order valence-electron chi connectivity index (χ2n) is 3.83. The predicted molar refractivity (Wildman–Crippen MR) is 76.7 cm³/mol. The predicted octanol–water partition coefficient (Wildman–Crippen LogP) is 3.30. The van der Waals surface area contributed by atoms with Gasteiger partial charge < -0.3 is 10.6 Å². The normalized spacial score (nSPS) is 12.8. The minimum absolute atomic E-state index is 0.478. The molecule has 0 fully saturated rings. The standard InChI is InChI=1S/C12H18Br2N2/c1-3-15-7-9(2)16-8-10-6-11(13)4-5-12(10)14/h4-6,9,15-16H,3,7-8H2,1-2H3. The molecule has 2 N–H and O–H groups in total. The van der Waals surface area contributed by atoms with Crippen LogP contribution in [0, 0.1) is 0 Å². The van der Waals surface area contributed by atoms with Crippen molar-refractivity contribution in [3.05, 3.63) is 32.7 Å². The highest BCUT2D eigenvalue weighted by molar-refractivity contribution is 9.11. The fourth-order valence-corrected chi connectivity index (χ4v) is 2.19. The van der Waals surface area contributed by atoms with E-state index in [2.05, 4.69) is 68.5 Å². The smallest absolute Gasteiger partial charge is 0.0221 e. The van der Waals surface area contributed by atoms with Crippen molar-refractivity contribution < 1.29 is 0 Å². The third kappa shape index (κ3) is 4.95. The molecule has 16 heavy (non-hydrogen) atoms. The fraction of sp³-hybridized carbons (Fsp3) is 0.500. The Kier molecular flexibility index (Phi) is 6.58. The highest BCUT2D eigenvalue weighted by Crippen LogP contribution is 2.21. The van der Waals surface area contributed by atoms with Gasteiger partial charge >= 0.3 is 0 Å². The first-order chi connectivity index (χ1) is 7.63. The molecule has 1 atom stereocenters. The van der Waals surface area contributed by atoms with Gasteiger partial charge in [0, 0.05) is 28.1 Å². The lowest BCUT2D eigenvalue weighted by molar-refractivity contribution is 0.508. The third-order valence-corrected chi connectivity index (χ3v) is 3.62. The Bertz CT molecular complexity index is 329. The maximum absolute atomic E-state index is 3.56. The number of rotatable bonds is 6. The Morgan fingerprint density at radius 3 is 2.75 bits per heavy atom. The number of likely N-dealkylation sites (N-methyl/N-ethyl adjacent to an activating group) is 1. The summed E-state index contributed by atoms with van der Waals surface area (Å²) >= 11 is 7.04. The van der Waals surface area contributed by atoms with Crippen LogP contribution in [0.4, 0.5) is 0 Å². The topological polar surface area (TPSA) is 24.1 Å². The van der Waals surface area contributed by atoms with Crippen LogP contribution in [0.2, 0.25) is 0 Å². The second-order valence-corrected chi connectivity index (χ2v) is 5.60. The van der Waals surface area contributed by atoms with Crippen molar-refractivity contribution in [1.29, 1.82) is 0 Å². The molecule has 0 saturated carbocycles. The maximum Gasteiger partial charge on any atom is 0.0221 e. The van der Waals surface area contributed by atoms with E-state index in [1.165, 1.54) is 5.56 Å². The summed E-state index contributed by atoms with van der Waals surface area (Å²) in [5.74, 6) is 0. The van der Waals surface area contributed by atoms with Crippen molar-refractivity contribution in [2.24, 2.45) is 0 Å². The summed E-state index contributed by atoms with van der Waals surface area (Å²) in [6.45, 7) is 7.22. The SMILES string of the molecule is CCNCC(C)NCc1cc(Br)ccc1Br. The fourth-order valence-electron chi connectivity index (χ4n) is 1.40. The summed E-state index contributed by atoms with van der Waals surface area (Å²) in [6.07, 6.45) is 0. The van der Waals surface area contributed by atoms with Gasteiger partial charge in [-0.3, -0.25) is 0 Å².